The molecule has 1 N–H and O–H groups in total. The quantitative estimate of drug-likeness (QED) is 0.852. The number of carboxylic acids is 1. The Morgan fingerprint density at radius 3 is 2.00 bits per heavy atom. The van der Waals surface area contributed by atoms with E-state index in [4.69, 9.17) is 0 Å². The average Bonchev–Trinajstić information content (AvgIpc) is 3.15. The molecule has 2 aliphatic heterocycles. The molecule has 4 atom stereocenters. The number of carboxylic acid groups (broad SMARTS) is 1. The molecule has 0 amide bonds. The van der Waals surface area contributed by atoms with Gasteiger partial charge in [-0.3, -0.25) is 0 Å². The number of aromatic carboxylic acids is 1. The van der Waals surface area contributed by atoms with Crippen molar-refractivity contribution >= 4 is 11.7 Å². The minimum Gasteiger partial charge on any atom is -0.478 e. The first kappa shape index (κ1) is 13.0. The van der Waals surface area contributed by atoms with Crippen molar-refractivity contribution in [2.45, 2.75) is 50.4 Å². The molecule has 3 nitrogen and oxygen atoms in total. The molecule has 3 heteroatoms. The molecule has 0 bridgehead atoms. The zero-order valence-electron chi connectivity index (χ0n) is 12.9. The maximum absolute atomic E-state index is 11.6. The van der Waals surface area contributed by atoms with Gasteiger partial charge in [-0.05, 0) is 72.6 Å². The molecule has 5 rings (SSSR count). The Hall–Kier alpha value is -1.51. The number of hydrogen-bond donors (Lipinski definition) is 1. The molecule has 1 aromatic rings. The van der Waals surface area contributed by atoms with Crippen molar-refractivity contribution in [3.63, 3.8) is 0 Å². The van der Waals surface area contributed by atoms with Gasteiger partial charge < -0.3 is 10.0 Å². The SMILES string of the molecule is O=C(O)c1cc2c3c(c1)C1CCCC1CN3CC1CCCC21. The smallest absolute Gasteiger partial charge is 0.335 e. The van der Waals surface area contributed by atoms with Crippen molar-refractivity contribution in [3.8, 4) is 0 Å². The van der Waals surface area contributed by atoms with E-state index in [0.29, 0.717) is 17.4 Å². The number of carbonyl (C=O) groups is 1. The van der Waals surface area contributed by atoms with Crippen LogP contribution in [0.5, 0.6) is 0 Å². The van der Waals surface area contributed by atoms with Crippen LogP contribution in [-0.2, 0) is 0 Å². The third-order valence-electron chi connectivity index (χ3n) is 6.76. The second-order valence-corrected chi connectivity index (χ2v) is 7.81. The van der Waals surface area contributed by atoms with Crippen molar-refractivity contribution in [1.29, 1.82) is 0 Å². The first-order valence-electron chi connectivity index (χ1n) is 8.88. The molecule has 2 heterocycles. The van der Waals surface area contributed by atoms with Crippen LogP contribution in [0.15, 0.2) is 12.1 Å². The van der Waals surface area contributed by atoms with Gasteiger partial charge in [-0.15, -0.1) is 0 Å². The molecule has 2 aliphatic carbocycles. The first-order valence-corrected chi connectivity index (χ1v) is 8.88. The summed E-state index contributed by atoms with van der Waals surface area (Å²) >= 11 is 0. The van der Waals surface area contributed by atoms with Crippen LogP contribution in [0.2, 0.25) is 0 Å². The number of hydrogen-bond acceptors (Lipinski definition) is 2. The Labute approximate surface area is 131 Å². The summed E-state index contributed by atoms with van der Waals surface area (Å²) in [6, 6.07) is 4.01. The molecule has 0 aromatic heterocycles. The van der Waals surface area contributed by atoms with E-state index < -0.39 is 5.97 Å². The minimum absolute atomic E-state index is 0.522. The summed E-state index contributed by atoms with van der Waals surface area (Å²) < 4.78 is 0. The maximum Gasteiger partial charge on any atom is 0.335 e. The fourth-order valence-corrected chi connectivity index (χ4v) is 5.89. The van der Waals surface area contributed by atoms with Crippen LogP contribution in [0, 0.1) is 11.8 Å². The maximum atomic E-state index is 11.6. The highest BCUT2D eigenvalue weighted by molar-refractivity contribution is 5.90. The van der Waals surface area contributed by atoms with Crippen LogP contribution >= 0.6 is 0 Å². The second-order valence-electron chi connectivity index (χ2n) is 7.81. The molecule has 22 heavy (non-hydrogen) atoms. The summed E-state index contributed by atoms with van der Waals surface area (Å²) in [6.45, 7) is 2.42. The standard InChI is InChI=1S/C19H23NO2/c21-19(22)13-7-16-14-5-1-3-11(14)9-20-10-12-4-2-6-15(12)17(8-13)18(16)20/h7-8,11-12,14-15H,1-6,9-10H2,(H,21,22). The lowest BCUT2D eigenvalue weighted by molar-refractivity contribution is 0.0696. The molecule has 4 aliphatic rings. The van der Waals surface area contributed by atoms with Crippen LogP contribution in [0.4, 0.5) is 5.69 Å². The Kier molecular flexibility index (Phi) is 2.65. The summed E-state index contributed by atoms with van der Waals surface area (Å²) in [4.78, 5) is 14.2. The van der Waals surface area contributed by atoms with E-state index in [1.165, 1.54) is 68.4 Å². The summed E-state index contributed by atoms with van der Waals surface area (Å²) in [7, 11) is 0. The highest BCUT2D eigenvalue weighted by atomic mass is 16.4. The normalized spacial score (nSPS) is 35.0. The monoisotopic (exact) mass is 297 g/mol. The molecule has 0 saturated heterocycles. The predicted molar refractivity (Wildman–Crippen MR) is 85.8 cm³/mol. The molecule has 116 valence electrons. The summed E-state index contributed by atoms with van der Waals surface area (Å²) in [5.41, 5.74) is 4.70. The third-order valence-corrected chi connectivity index (χ3v) is 6.76. The number of nitrogens with zero attached hydrogens (tertiary/aromatic N) is 1. The lowest BCUT2D eigenvalue weighted by Crippen LogP contribution is -2.43. The minimum atomic E-state index is -0.758. The van der Waals surface area contributed by atoms with E-state index in [-0.39, 0.29) is 0 Å². The van der Waals surface area contributed by atoms with Crippen molar-refractivity contribution in [2.75, 3.05) is 18.0 Å². The van der Waals surface area contributed by atoms with Gasteiger partial charge in [0.15, 0.2) is 0 Å². The first-order chi connectivity index (χ1) is 10.7. The largest absolute Gasteiger partial charge is 0.478 e. The lowest BCUT2D eigenvalue weighted by Gasteiger charge is -2.46. The van der Waals surface area contributed by atoms with E-state index in [1.807, 2.05) is 12.1 Å². The zero-order valence-corrected chi connectivity index (χ0v) is 12.9. The van der Waals surface area contributed by atoms with E-state index in [9.17, 15) is 9.90 Å². The van der Waals surface area contributed by atoms with E-state index in [2.05, 4.69) is 4.90 Å². The molecule has 2 fully saturated rings. The van der Waals surface area contributed by atoms with Gasteiger partial charge in [0.2, 0.25) is 0 Å². The van der Waals surface area contributed by atoms with E-state index in [1.54, 1.807) is 0 Å². The zero-order chi connectivity index (χ0) is 14.8. The van der Waals surface area contributed by atoms with Gasteiger partial charge in [0.05, 0.1) is 5.56 Å². The van der Waals surface area contributed by atoms with Gasteiger partial charge in [-0.1, -0.05) is 12.8 Å². The van der Waals surface area contributed by atoms with E-state index >= 15 is 0 Å². The van der Waals surface area contributed by atoms with Crippen molar-refractivity contribution in [3.05, 3.63) is 28.8 Å². The van der Waals surface area contributed by atoms with Crippen LogP contribution in [0.1, 0.15) is 71.8 Å². The van der Waals surface area contributed by atoms with Crippen molar-refractivity contribution in [2.24, 2.45) is 11.8 Å². The Morgan fingerprint density at radius 1 is 0.955 bits per heavy atom. The number of benzene rings is 1. The average molecular weight is 297 g/mol. The van der Waals surface area contributed by atoms with Crippen molar-refractivity contribution < 1.29 is 9.90 Å². The topological polar surface area (TPSA) is 40.5 Å². The molecule has 0 radical (unpaired) electrons. The second kappa shape index (κ2) is 4.50. The molecular formula is C19H23NO2. The van der Waals surface area contributed by atoms with Gasteiger partial charge in [-0.2, -0.15) is 0 Å². The molecular weight excluding hydrogens is 274 g/mol. The lowest BCUT2D eigenvalue weighted by atomic mass is 9.74. The molecule has 1 aromatic carbocycles. The summed E-state index contributed by atoms with van der Waals surface area (Å²) in [5.74, 6) is 1.97. The fraction of sp³-hybridized carbons (Fsp3) is 0.632. The van der Waals surface area contributed by atoms with Crippen LogP contribution in [-0.4, -0.2) is 24.2 Å². The number of rotatable bonds is 1. The van der Waals surface area contributed by atoms with Gasteiger partial charge in [0.1, 0.15) is 0 Å². The van der Waals surface area contributed by atoms with Gasteiger partial charge in [-0.25, -0.2) is 4.79 Å². The summed E-state index contributed by atoms with van der Waals surface area (Å²) in [6.07, 6.45) is 7.76. The van der Waals surface area contributed by atoms with Crippen LogP contribution in [0.3, 0.4) is 0 Å². The Bertz CT molecular complexity index is 608. The highest BCUT2D eigenvalue weighted by Crippen LogP contribution is 2.55. The van der Waals surface area contributed by atoms with Gasteiger partial charge in [0, 0.05) is 18.8 Å². The third kappa shape index (κ3) is 1.65. The molecule has 4 unspecified atom stereocenters. The molecule has 0 spiro atoms. The molecule has 2 saturated carbocycles. The van der Waals surface area contributed by atoms with Crippen LogP contribution < -0.4 is 4.90 Å². The van der Waals surface area contributed by atoms with Gasteiger partial charge in [0.25, 0.3) is 0 Å². The van der Waals surface area contributed by atoms with Gasteiger partial charge >= 0.3 is 5.97 Å². The summed E-state index contributed by atoms with van der Waals surface area (Å²) in [5, 5.41) is 9.56. The number of fused-ring (bicyclic) bond motifs is 4. The Balaban J connectivity index is 1.74. The predicted octanol–water partition coefficient (Wildman–Crippen LogP) is 3.99. The number of anilines is 1. The van der Waals surface area contributed by atoms with Crippen LogP contribution in [0.25, 0.3) is 0 Å². The fourth-order valence-electron chi connectivity index (χ4n) is 5.89. The Morgan fingerprint density at radius 2 is 1.50 bits per heavy atom. The highest BCUT2D eigenvalue weighted by Gasteiger charge is 2.44. The van der Waals surface area contributed by atoms with Crippen molar-refractivity contribution in [1.82, 2.24) is 0 Å². The van der Waals surface area contributed by atoms with E-state index in [0.717, 1.165) is 11.8 Å².